The van der Waals surface area contributed by atoms with Gasteiger partial charge in [0.1, 0.15) is 0 Å². The van der Waals surface area contributed by atoms with Crippen molar-refractivity contribution < 1.29 is 8.42 Å². The van der Waals surface area contributed by atoms with Crippen molar-refractivity contribution in [2.24, 2.45) is 0 Å². The lowest BCUT2D eigenvalue weighted by molar-refractivity contribution is 0.424. The second-order valence-electron chi connectivity index (χ2n) is 6.22. The standard InChI is InChI=1S/C16H26N2O2S/c1-12(2)15-9-6-7-13(3)16(15)18-21(19,20)11-14-8-4-5-10-17-14/h6-7,9,12,14,17-18H,4-5,8,10-11H2,1-3H3. The number of hydrogen-bond donors (Lipinski definition) is 2. The van der Waals surface area contributed by atoms with Crippen molar-refractivity contribution in [1.82, 2.24) is 5.32 Å². The number of rotatable bonds is 5. The second-order valence-corrected chi connectivity index (χ2v) is 7.99. The summed E-state index contributed by atoms with van der Waals surface area (Å²) in [5.41, 5.74) is 2.78. The monoisotopic (exact) mass is 310 g/mol. The zero-order valence-corrected chi connectivity index (χ0v) is 14.0. The van der Waals surface area contributed by atoms with E-state index in [9.17, 15) is 8.42 Å². The maximum atomic E-state index is 12.4. The van der Waals surface area contributed by atoms with Gasteiger partial charge in [0.05, 0.1) is 11.4 Å². The van der Waals surface area contributed by atoms with Gasteiger partial charge in [0, 0.05) is 6.04 Å². The maximum absolute atomic E-state index is 12.4. The predicted octanol–water partition coefficient (Wildman–Crippen LogP) is 3.00. The maximum Gasteiger partial charge on any atom is 0.234 e. The molecule has 0 aliphatic carbocycles. The Balaban J connectivity index is 2.16. The van der Waals surface area contributed by atoms with Crippen molar-refractivity contribution in [1.29, 1.82) is 0 Å². The third kappa shape index (κ3) is 4.45. The zero-order valence-electron chi connectivity index (χ0n) is 13.1. The van der Waals surface area contributed by atoms with Crippen LogP contribution >= 0.6 is 0 Å². The molecule has 1 unspecified atom stereocenters. The lowest BCUT2D eigenvalue weighted by atomic mass is 9.99. The van der Waals surface area contributed by atoms with Crippen LogP contribution in [0.4, 0.5) is 5.69 Å². The number of para-hydroxylation sites is 1. The largest absolute Gasteiger partial charge is 0.313 e. The fraction of sp³-hybridized carbons (Fsp3) is 0.625. The summed E-state index contributed by atoms with van der Waals surface area (Å²) in [6, 6.07) is 5.99. The number of hydrogen-bond acceptors (Lipinski definition) is 3. The Kier molecular flexibility index (Phi) is 5.27. The molecule has 4 nitrogen and oxygen atoms in total. The lowest BCUT2D eigenvalue weighted by Gasteiger charge is -2.24. The minimum Gasteiger partial charge on any atom is -0.313 e. The molecule has 1 fully saturated rings. The van der Waals surface area contributed by atoms with Gasteiger partial charge in [0.25, 0.3) is 0 Å². The average molecular weight is 310 g/mol. The summed E-state index contributed by atoms with van der Waals surface area (Å²) in [7, 11) is -3.33. The molecule has 21 heavy (non-hydrogen) atoms. The van der Waals surface area contributed by atoms with Gasteiger partial charge in [0.2, 0.25) is 10.0 Å². The quantitative estimate of drug-likeness (QED) is 0.879. The lowest BCUT2D eigenvalue weighted by Crippen LogP contribution is -2.40. The Bertz CT molecular complexity index is 576. The number of nitrogens with one attached hydrogen (secondary N) is 2. The summed E-state index contributed by atoms with van der Waals surface area (Å²) >= 11 is 0. The van der Waals surface area contributed by atoms with Crippen molar-refractivity contribution in [3.05, 3.63) is 29.3 Å². The molecule has 0 saturated carbocycles. The Hall–Kier alpha value is -1.07. The van der Waals surface area contributed by atoms with Crippen LogP contribution in [0.25, 0.3) is 0 Å². The topological polar surface area (TPSA) is 58.2 Å². The van der Waals surface area contributed by atoms with Gasteiger partial charge in [-0.1, -0.05) is 38.5 Å². The van der Waals surface area contributed by atoms with Crippen LogP contribution in [0.5, 0.6) is 0 Å². The molecule has 1 aliphatic rings. The molecule has 0 spiro atoms. The molecule has 5 heteroatoms. The molecule has 2 rings (SSSR count). The first-order chi connectivity index (χ1) is 9.89. The molecular weight excluding hydrogens is 284 g/mol. The Morgan fingerprint density at radius 3 is 2.71 bits per heavy atom. The van der Waals surface area contributed by atoms with E-state index in [1.165, 1.54) is 0 Å². The van der Waals surface area contributed by atoms with Crippen LogP contribution in [0, 0.1) is 6.92 Å². The van der Waals surface area contributed by atoms with E-state index >= 15 is 0 Å². The fourth-order valence-corrected chi connectivity index (χ4v) is 4.33. The number of aryl methyl sites for hydroxylation is 1. The van der Waals surface area contributed by atoms with Crippen LogP contribution in [0.2, 0.25) is 0 Å². The van der Waals surface area contributed by atoms with E-state index in [2.05, 4.69) is 23.9 Å². The van der Waals surface area contributed by atoms with E-state index in [1.54, 1.807) is 0 Å². The third-order valence-corrected chi connectivity index (χ3v) is 5.37. The van der Waals surface area contributed by atoms with E-state index < -0.39 is 10.0 Å². The highest BCUT2D eigenvalue weighted by atomic mass is 32.2. The molecule has 0 bridgehead atoms. The SMILES string of the molecule is Cc1cccc(C(C)C)c1NS(=O)(=O)CC1CCCCN1. The Labute approximate surface area is 128 Å². The van der Waals surface area contributed by atoms with Crippen molar-refractivity contribution in [2.45, 2.75) is 52.0 Å². The molecule has 1 saturated heterocycles. The minimum atomic E-state index is -3.33. The van der Waals surface area contributed by atoms with E-state index in [4.69, 9.17) is 0 Å². The van der Waals surface area contributed by atoms with Gasteiger partial charge in [0.15, 0.2) is 0 Å². The zero-order chi connectivity index (χ0) is 15.5. The number of benzene rings is 1. The molecule has 1 heterocycles. The first kappa shape index (κ1) is 16.3. The van der Waals surface area contributed by atoms with Crippen molar-refractivity contribution >= 4 is 15.7 Å². The van der Waals surface area contributed by atoms with Crippen LogP contribution in [0.15, 0.2) is 18.2 Å². The molecule has 1 atom stereocenters. The third-order valence-electron chi connectivity index (χ3n) is 4.02. The summed E-state index contributed by atoms with van der Waals surface area (Å²) in [5, 5.41) is 3.29. The van der Waals surface area contributed by atoms with E-state index in [-0.39, 0.29) is 17.7 Å². The van der Waals surface area contributed by atoms with E-state index in [0.29, 0.717) is 0 Å². The first-order valence-corrected chi connectivity index (χ1v) is 9.37. The van der Waals surface area contributed by atoms with Crippen molar-refractivity contribution in [2.75, 3.05) is 17.0 Å². The molecule has 1 aromatic carbocycles. The van der Waals surface area contributed by atoms with Gasteiger partial charge in [-0.3, -0.25) is 4.72 Å². The van der Waals surface area contributed by atoms with E-state index in [0.717, 1.165) is 42.6 Å². The van der Waals surface area contributed by atoms with Crippen molar-refractivity contribution in [3.8, 4) is 0 Å². The molecule has 1 aliphatic heterocycles. The minimum absolute atomic E-state index is 0.0720. The molecule has 0 amide bonds. The smallest absolute Gasteiger partial charge is 0.234 e. The van der Waals surface area contributed by atoms with Gasteiger partial charge in [-0.05, 0) is 43.4 Å². The summed E-state index contributed by atoms with van der Waals surface area (Å²) < 4.78 is 27.7. The normalized spacial score (nSPS) is 19.7. The highest BCUT2D eigenvalue weighted by Crippen LogP contribution is 2.28. The van der Waals surface area contributed by atoms with Gasteiger partial charge in [-0.2, -0.15) is 0 Å². The number of piperidine rings is 1. The highest BCUT2D eigenvalue weighted by molar-refractivity contribution is 7.92. The number of sulfonamides is 1. The summed E-state index contributed by atoms with van der Waals surface area (Å²) in [6.45, 7) is 7.02. The predicted molar refractivity (Wildman–Crippen MR) is 88.3 cm³/mol. The Morgan fingerprint density at radius 2 is 2.10 bits per heavy atom. The number of anilines is 1. The molecular formula is C16H26N2O2S. The average Bonchev–Trinajstić information content (AvgIpc) is 2.41. The van der Waals surface area contributed by atoms with Gasteiger partial charge in [-0.25, -0.2) is 8.42 Å². The fourth-order valence-electron chi connectivity index (χ4n) is 2.84. The molecule has 0 aromatic heterocycles. The summed E-state index contributed by atoms with van der Waals surface area (Å²) in [6.07, 6.45) is 3.18. The van der Waals surface area contributed by atoms with Crippen molar-refractivity contribution in [3.63, 3.8) is 0 Å². The van der Waals surface area contributed by atoms with E-state index in [1.807, 2.05) is 25.1 Å². The first-order valence-electron chi connectivity index (χ1n) is 7.72. The second kappa shape index (κ2) is 6.79. The Morgan fingerprint density at radius 1 is 1.33 bits per heavy atom. The van der Waals surface area contributed by atoms with Gasteiger partial charge >= 0.3 is 0 Å². The van der Waals surface area contributed by atoms with Crippen LogP contribution in [0.3, 0.4) is 0 Å². The highest BCUT2D eigenvalue weighted by Gasteiger charge is 2.22. The van der Waals surface area contributed by atoms with Crippen LogP contribution in [-0.2, 0) is 10.0 Å². The summed E-state index contributed by atoms with van der Waals surface area (Å²) in [5.74, 6) is 0.439. The van der Waals surface area contributed by atoms with Crippen LogP contribution in [-0.4, -0.2) is 26.8 Å². The van der Waals surface area contributed by atoms with Crippen LogP contribution < -0.4 is 10.0 Å². The molecule has 0 radical (unpaired) electrons. The molecule has 2 N–H and O–H groups in total. The summed E-state index contributed by atoms with van der Waals surface area (Å²) in [4.78, 5) is 0. The van der Waals surface area contributed by atoms with Gasteiger partial charge < -0.3 is 5.32 Å². The van der Waals surface area contributed by atoms with Gasteiger partial charge in [-0.15, -0.1) is 0 Å². The molecule has 1 aromatic rings. The van der Waals surface area contributed by atoms with Crippen LogP contribution in [0.1, 0.15) is 50.2 Å². The molecule has 118 valence electrons.